The lowest BCUT2D eigenvalue weighted by atomic mass is 10.0. The zero-order chi connectivity index (χ0) is 13.8. The number of nitrogens with one attached hydrogen (secondary N) is 1. The Bertz CT molecular complexity index is 465. The van der Waals surface area contributed by atoms with Crippen molar-refractivity contribution in [1.29, 1.82) is 0 Å². The van der Waals surface area contributed by atoms with Gasteiger partial charge in [0.25, 0.3) is 5.91 Å². The van der Waals surface area contributed by atoms with Gasteiger partial charge in [-0.15, -0.1) is 0 Å². The SMILES string of the molecule is CNCC1CCCCN1C(=O)c1cc(Cl)ccc1I. The predicted molar refractivity (Wildman–Crippen MR) is 86.8 cm³/mol. The minimum Gasteiger partial charge on any atom is -0.334 e. The van der Waals surface area contributed by atoms with Crippen molar-refractivity contribution in [2.45, 2.75) is 25.3 Å². The molecule has 1 N–H and O–H groups in total. The maximum atomic E-state index is 12.7. The summed E-state index contributed by atoms with van der Waals surface area (Å²) in [6.07, 6.45) is 3.36. The molecule has 0 bridgehead atoms. The Kier molecular flexibility index (Phi) is 5.47. The number of likely N-dealkylation sites (N-methyl/N-ethyl adjacent to an activating group) is 1. The van der Waals surface area contributed by atoms with Crippen molar-refractivity contribution in [2.24, 2.45) is 0 Å². The van der Waals surface area contributed by atoms with Crippen LogP contribution in [0.15, 0.2) is 18.2 Å². The first-order chi connectivity index (χ1) is 9.13. The average Bonchev–Trinajstić information content (AvgIpc) is 2.42. The van der Waals surface area contributed by atoms with E-state index in [0.717, 1.165) is 35.1 Å². The fourth-order valence-corrected chi connectivity index (χ4v) is 3.27. The van der Waals surface area contributed by atoms with Crippen molar-refractivity contribution >= 4 is 40.1 Å². The minimum absolute atomic E-state index is 0.104. The van der Waals surface area contributed by atoms with Crippen molar-refractivity contribution in [3.8, 4) is 0 Å². The molecular weight excluding hydrogens is 375 g/mol. The summed E-state index contributed by atoms with van der Waals surface area (Å²) in [5.74, 6) is 0.104. The van der Waals surface area contributed by atoms with Gasteiger partial charge in [0.2, 0.25) is 0 Å². The number of benzene rings is 1. The topological polar surface area (TPSA) is 32.3 Å². The van der Waals surface area contributed by atoms with Crippen LogP contribution < -0.4 is 5.32 Å². The van der Waals surface area contributed by atoms with Crippen molar-refractivity contribution in [2.75, 3.05) is 20.1 Å². The van der Waals surface area contributed by atoms with Crippen molar-refractivity contribution in [3.05, 3.63) is 32.4 Å². The van der Waals surface area contributed by atoms with Gasteiger partial charge in [0.15, 0.2) is 0 Å². The molecule has 3 nitrogen and oxygen atoms in total. The van der Waals surface area contributed by atoms with Gasteiger partial charge in [-0.2, -0.15) is 0 Å². The molecule has 0 radical (unpaired) electrons. The van der Waals surface area contributed by atoms with Crippen molar-refractivity contribution < 1.29 is 4.79 Å². The third-order valence-electron chi connectivity index (χ3n) is 3.49. The smallest absolute Gasteiger partial charge is 0.255 e. The first-order valence-electron chi connectivity index (χ1n) is 6.54. The first-order valence-corrected chi connectivity index (χ1v) is 7.99. The van der Waals surface area contributed by atoms with E-state index in [1.54, 1.807) is 6.07 Å². The summed E-state index contributed by atoms with van der Waals surface area (Å²) >= 11 is 8.21. The number of amides is 1. The van der Waals surface area contributed by atoms with Crippen LogP contribution in [0.5, 0.6) is 0 Å². The largest absolute Gasteiger partial charge is 0.334 e. The number of carbonyl (C=O) groups excluding carboxylic acids is 1. The Hall–Kier alpha value is -0.330. The Balaban J connectivity index is 2.23. The number of hydrogen-bond donors (Lipinski definition) is 1. The maximum absolute atomic E-state index is 12.7. The summed E-state index contributed by atoms with van der Waals surface area (Å²) in [5.41, 5.74) is 0.719. The fourth-order valence-electron chi connectivity index (χ4n) is 2.53. The second kappa shape index (κ2) is 6.90. The number of piperidine rings is 1. The molecule has 1 heterocycles. The quantitative estimate of drug-likeness (QED) is 0.802. The highest BCUT2D eigenvalue weighted by Gasteiger charge is 2.27. The summed E-state index contributed by atoms with van der Waals surface area (Å²) < 4.78 is 0.959. The molecule has 1 aliphatic rings. The van der Waals surface area contributed by atoms with Gasteiger partial charge in [0.1, 0.15) is 0 Å². The van der Waals surface area contributed by atoms with Crippen LogP contribution in [-0.4, -0.2) is 37.0 Å². The number of hydrogen-bond acceptors (Lipinski definition) is 2. The van der Waals surface area contributed by atoms with Gasteiger partial charge >= 0.3 is 0 Å². The predicted octanol–water partition coefficient (Wildman–Crippen LogP) is 3.16. The molecule has 1 saturated heterocycles. The number of rotatable bonds is 3. The normalized spacial score (nSPS) is 19.5. The van der Waals surface area contributed by atoms with Crippen LogP contribution >= 0.6 is 34.2 Å². The van der Waals surface area contributed by atoms with E-state index >= 15 is 0 Å². The lowest BCUT2D eigenvalue weighted by molar-refractivity contribution is 0.0614. The van der Waals surface area contributed by atoms with Gasteiger partial charge in [-0.3, -0.25) is 4.79 Å². The molecule has 0 saturated carbocycles. The third kappa shape index (κ3) is 3.61. The lowest BCUT2D eigenvalue weighted by Gasteiger charge is -2.36. The molecule has 104 valence electrons. The first kappa shape index (κ1) is 15.1. The van der Waals surface area contributed by atoms with E-state index in [0.29, 0.717) is 11.1 Å². The van der Waals surface area contributed by atoms with E-state index in [2.05, 4.69) is 27.9 Å². The summed E-state index contributed by atoms with van der Waals surface area (Å²) in [7, 11) is 1.93. The summed E-state index contributed by atoms with van der Waals surface area (Å²) in [6.45, 7) is 1.69. The Morgan fingerprint density at radius 1 is 1.53 bits per heavy atom. The highest BCUT2D eigenvalue weighted by molar-refractivity contribution is 14.1. The van der Waals surface area contributed by atoms with Gasteiger partial charge in [-0.1, -0.05) is 11.6 Å². The highest BCUT2D eigenvalue weighted by Crippen LogP contribution is 2.24. The standard InChI is InChI=1S/C14H18ClIN2O/c1-17-9-11-4-2-3-7-18(11)14(19)12-8-10(15)5-6-13(12)16/h5-6,8,11,17H,2-4,7,9H2,1H3. The van der Waals surface area contributed by atoms with Crippen LogP contribution in [-0.2, 0) is 0 Å². The molecular formula is C14H18ClIN2O. The molecule has 5 heteroatoms. The Morgan fingerprint density at radius 3 is 3.05 bits per heavy atom. The van der Waals surface area contributed by atoms with Crippen molar-refractivity contribution in [3.63, 3.8) is 0 Å². The number of carbonyl (C=O) groups is 1. The third-order valence-corrected chi connectivity index (χ3v) is 4.66. The Morgan fingerprint density at radius 2 is 2.32 bits per heavy atom. The van der Waals surface area contributed by atoms with E-state index in [-0.39, 0.29) is 5.91 Å². The second-order valence-electron chi connectivity index (χ2n) is 4.83. The number of halogens is 2. The van der Waals surface area contributed by atoms with Crippen molar-refractivity contribution in [1.82, 2.24) is 10.2 Å². The van der Waals surface area contributed by atoms with E-state index < -0.39 is 0 Å². The average molecular weight is 393 g/mol. The van der Waals surface area contributed by atoms with Crippen LogP contribution in [0, 0.1) is 3.57 Å². The number of likely N-dealkylation sites (tertiary alicyclic amines) is 1. The monoisotopic (exact) mass is 392 g/mol. The van der Waals surface area contributed by atoms with Crippen LogP contribution in [0.1, 0.15) is 29.6 Å². The van der Waals surface area contributed by atoms with Gasteiger partial charge in [-0.05, 0) is 67.1 Å². The van der Waals surface area contributed by atoms with Gasteiger partial charge < -0.3 is 10.2 Å². The van der Waals surface area contributed by atoms with Crippen LogP contribution in [0.25, 0.3) is 0 Å². The molecule has 1 unspecified atom stereocenters. The second-order valence-corrected chi connectivity index (χ2v) is 6.43. The van der Waals surface area contributed by atoms with Crippen LogP contribution in [0.3, 0.4) is 0 Å². The molecule has 1 aromatic rings. The van der Waals surface area contributed by atoms with Gasteiger partial charge in [0.05, 0.1) is 5.56 Å². The molecule has 0 spiro atoms. The summed E-state index contributed by atoms with van der Waals surface area (Å²) in [4.78, 5) is 14.7. The molecule has 19 heavy (non-hydrogen) atoms. The zero-order valence-corrected chi connectivity index (χ0v) is 13.9. The molecule has 2 rings (SSSR count). The molecule has 1 amide bonds. The fraction of sp³-hybridized carbons (Fsp3) is 0.500. The van der Waals surface area contributed by atoms with E-state index in [4.69, 9.17) is 11.6 Å². The lowest BCUT2D eigenvalue weighted by Crippen LogP contribution is -2.48. The number of nitrogens with zero attached hydrogens (tertiary/aromatic N) is 1. The molecule has 1 aromatic carbocycles. The molecule has 1 aliphatic heterocycles. The summed E-state index contributed by atoms with van der Waals surface area (Å²) in [5, 5.41) is 3.79. The summed E-state index contributed by atoms with van der Waals surface area (Å²) in [6, 6.07) is 5.78. The molecule has 1 atom stereocenters. The molecule has 0 aliphatic carbocycles. The molecule has 0 aromatic heterocycles. The zero-order valence-electron chi connectivity index (χ0n) is 11.0. The van der Waals surface area contributed by atoms with Crippen LogP contribution in [0.2, 0.25) is 5.02 Å². The van der Waals surface area contributed by atoms with Gasteiger partial charge in [-0.25, -0.2) is 0 Å². The minimum atomic E-state index is 0.104. The van der Waals surface area contributed by atoms with Crippen LogP contribution in [0.4, 0.5) is 0 Å². The van der Waals surface area contributed by atoms with E-state index in [9.17, 15) is 4.79 Å². The van der Waals surface area contributed by atoms with E-state index in [1.807, 2.05) is 24.1 Å². The maximum Gasteiger partial charge on any atom is 0.255 e. The van der Waals surface area contributed by atoms with Gasteiger partial charge in [0, 0.05) is 27.7 Å². The van der Waals surface area contributed by atoms with E-state index in [1.165, 1.54) is 6.42 Å². The molecule has 1 fully saturated rings. The Labute approximate surface area is 132 Å². The highest BCUT2D eigenvalue weighted by atomic mass is 127.